The fraction of sp³-hybridized carbons (Fsp3) is 0.878. The van der Waals surface area contributed by atoms with Gasteiger partial charge in [-0.15, -0.1) is 0 Å². The Balaban J connectivity index is 5.32. The number of aliphatic hydroxyl groups is 1. The number of amides is 4. The standard InChI is InChI=1S/C74H140N4O19P2/c1-6-11-16-21-24-27-30-35-39-44-67(80)58-72(84)77-64(60-91-54-50-66(79)43-38-33-19-14-9-4)62-95-98(87,88)93-56-52-75-70(82)48-49-71(83)76-53-57-94-99(89,90)96-63-65(78-73(85)59-68(81)45-40-36-31-28-25-22-17-12-7-2)61-92-55-51-69(46-41-34-20-15-10-5)97-74(86)47-42-37-32-29-26-23-18-13-8-3/h29,32,64-66,69,79H,6-28,30-31,33-63H2,1-5H3,(H,75,82)(H,76,83)(H,77,84)(H,78,85)(H,87,88)(H,89,90)/b32-29-/t64?,65?,66-,69-/m1/s1. The molecule has 0 spiro atoms. The maximum Gasteiger partial charge on any atom is 0.472 e. The molecule has 580 valence electrons. The third kappa shape index (κ3) is 66.2. The van der Waals surface area contributed by atoms with E-state index in [0.29, 0.717) is 51.4 Å². The third-order valence-corrected chi connectivity index (χ3v) is 18.9. The summed E-state index contributed by atoms with van der Waals surface area (Å²) in [6.07, 6.45) is 42.3. The number of ether oxygens (including phenoxy) is 3. The largest absolute Gasteiger partial charge is 0.472 e. The molecule has 0 aromatic carbocycles. The van der Waals surface area contributed by atoms with E-state index in [0.717, 1.165) is 116 Å². The third-order valence-electron chi connectivity index (χ3n) is 16.9. The van der Waals surface area contributed by atoms with E-state index in [2.05, 4.69) is 68.0 Å². The minimum Gasteiger partial charge on any atom is -0.462 e. The summed E-state index contributed by atoms with van der Waals surface area (Å²) in [5.74, 6) is -3.08. The number of hydrogen-bond acceptors (Lipinski definition) is 17. The van der Waals surface area contributed by atoms with Crippen molar-refractivity contribution in [3.63, 3.8) is 0 Å². The fourth-order valence-electron chi connectivity index (χ4n) is 11.0. The Morgan fingerprint density at radius 3 is 1.16 bits per heavy atom. The molecule has 4 amide bonds. The van der Waals surface area contributed by atoms with Crippen LogP contribution in [0.2, 0.25) is 0 Å². The first-order valence-electron chi connectivity index (χ1n) is 38.8. The van der Waals surface area contributed by atoms with Gasteiger partial charge in [-0.2, -0.15) is 0 Å². The number of unbranched alkanes of at least 4 members (excludes halogenated alkanes) is 29. The predicted molar refractivity (Wildman–Crippen MR) is 391 cm³/mol. The van der Waals surface area contributed by atoms with Gasteiger partial charge in [0.25, 0.3) is 0 Å². The normalized spacial score (nSPS) is 14.1. The zero-order valence-corrected chi connectivity index (χ0v) is 64.1. The first-order chi connectivity index (χ1) is 47.8. The summed E-state index contributed by atoms with van der Waals surface area (Å²) >= 11 is 0. The van der Waals surface area contributed by atoms with Crippen molar-refractivity contribution in [3.8, 4) is 0 Å². The molecule has 23 nitrogen and oxygen atoms in total. The molecule has 0 aliphatic rings. The Bertz CT molecular complexity index is 2160. The van der Waals surface area contributed by atoms with Crippen LogP contribution in [0.15, 0.2) is 12.2 Å². The molecule has 0 aliphatic carbocycles. The van der Waals surface area contributed by atoms with Crippen molar-refractivity contribution in [2.75, 3.05) is 65.9 Å². The van der Waals surface area contributed by atoms with E-state index in [1.807, 2.05) is 0 Å². The summed E-state index contributed by atoms with van der Waals surface area (Å²) in [6, 6.07) is -1.92. The number of esters is 1. The van der Waals surface area contributed by atoms with Gasteiger partial charge >= 0.3 is 21.6 Å². The molecule has 99 heavy (non-hydrogen) atoms. The van der Waals surface area contributed by atoms with Gasteiger partial charge in [0, 0.05) is 58.2 Å². The van der Waals surface area contributed by atoms with Crippen LogP contribution < -0.4 is 21.3 Å². The number of phosphoric acid groups is 2. The van der Waals surface area contributed by atoms with E-state index in [-0.39, 0.29) is 102 Å². The van der Waals surface area contributed by atoms with Gasteiger partial charge in [-0.05, 0) is 64.2 Å². The van der Waals surface area contributed by atoms with Gasteiger partial charge in [-0.1, -0.05) is 227 Å². The average Bonchev–Trinajstić information content (AvgIpc) is 0.990. The van der Waals surface area contributed by atoms with Crippen LogP contribution in [0, 0.1) is 0 Å². The molecule has 0 fully saturated rings. The van der Waals surface area contributed by atoms with Gasteiger partial charge < -0.3 is 50.4 Å². The highest BCUT2D eigenvalue weighted by Crippen LogP contribution is 2.44. The Morgan fingerprint density at radius 2 is 0.737 bits per heavy atom. The Morgan fingerprint density at radius 1 is 0.374 bits per heavy atom. The Hall–Kier alpha value is -3.47. The van der Waals surface area contributed by atoms with Gasteiger partial charge in [-0.3, -0.25) is 51.7 Å². The van der Waals surface area contributed by atoms with Crippen LogP contribution >= 0.6 is 15.6 Å². The van der Waals surface area contributed by atoms with Crippen molar-refractivity contribution in [1.82, 2.24) is 21.3 Å². The second-order valence-electron chi connectivity index (χ2n) is 26.6. The summed E-state index contributed by atoms with van der Waals surface area (Å²) in [6.45, 7) is 8.40. The van der Waals surface area contributed by atoms with E-state index in [1.54, 1.807) is 0 Å². The molecule has 6 atom stereocenters. The lowest BCUT2D eigenvalue weighted by atomic mass is 10.0. The molecule has 0 aromatic heterocycles. The topological polar surface area (TPSA) is 327 Å². The second-order valence-corrected chi connectivity index (χ2v) is 29.5. The number of Topliss-reactive ketones (excluding diaryl/α,β-unsaturated/α-hetero) is 2. The summed E-state index contributed by atoms with van der Waals surface area (Å²) in [5.41, 5.74) is 0. The highest BCUT2D eigenvalue weighted by molar-refractivity contribution is 7.47. The minimum absolute atomic E-state index is 0.138. The molecule has 0 aliphatic heterocycles. The first kappa shape index (κ1) is 95.5. The summed E-state index contributed by atoms with van der Waals surface area (Å²) in [5, 5.41) is 20.8. The van der Waals surface area contributed by atoms with Crippen molar-refractivity contribution in [1.29, 1.82) is 0 Å². The minimum atomic E-state index is -4.78. The zero-order valence-electron chi connectivity index (χ0n) is 62.3. The summed E-state index contributed by atoms with van der Waals surface area (Å²) in [4.78, 5) is 111. The molecule has 7 N–H and O–H groups in total. The molecule has 0 heterocycles. The SMILES string of the molecule is CCCCCC/C=C\CCCC(=O)O[C@H](CCCCCCC)CCOCC(COP(=O)(O)OCCNC(=O)CCC(=O)NCCOP(=O)(O)OCC(COCC[C@H](O)CCCCCCC)NC(=O)CC(=O)CCCCCCCCCCC)NC(=O)CC(=O)CCCCCCCCCCC. The van der Waals surface area contributed by atoms with E-state index in [4.69, 9.17) is 32.3 Å². The molecule has 0 saturated heterocycles. The van der Waals surface area contributed by atoms with Gasteiger partial charge in [0.05, 0.1) is 77.3 Å². The van der Waals surface area contributed by atoms with Crippen molar-refractivity contribution in [2.45, 2.75) is 354 Å². The van der Waals surface area contributed by atoms with Crippen molar-refractivity contribution >= 4 is 56.8 Å². The quantitative estimate of drug-likeness (QED) is 0.00978. The molecule has 0 saturated carbocycles. The number of nitrogens with one attached hydrogen (secondary N) is 4. The van der Waals surface area contributed by atoms with Crippen molar-refractivity contribution in [2.24, 2.45) is 0 Å². The summed E-state index contributed by atoms with van der Waals surface area (Å²) in [7, 11) is -9.51. The number of ketones is 2. The monoisotopic (exact) mass is 1450 g/mol. The number of rotatable bonds is 75. The smallest absolute Gasteiger partial charge is 0.462 e. The van der Waals surface area contributed by atoms with Crippen LogP contribution in [0.4, 0.5) is 0 Å². The maximum atomic E-state index is 13.2. The van der Waals surface area contributed by atoms with E-state index >= 15 is 0 Å². The second kappa shape index (κ2) is 67.7. The molecule has 25 heteroatoms. The number of phosphoric ester groups is 2. The van der Waals surface area contributed by atoms with Gasteiger partial charge in [-0.25, -0.2) is 9.13 Å². The molecule has 0 aromatic rings. The van der Waals surface area contributed by atoms with Gasteiger partial charge in [0.1, 0.15) is 17.7 Å². The molecule has 4 unspecified atom stereocenters. The number of hydrogen-bond donors (Lipinski definition) is 7. The number of carbonyl (C=O) groups excluding carboxylic acids is 7. The van der Waals surface area contributed by atoms with Gasteiger partial charge in [0.15, 0.2) is 0 Å². The average molecular weight is 1450 g/mol. The Kier molecular flexibility index (Phi) is 65.3. The van der Waals surface area contributed by atoms with Crippen molar-refractivity contribution in [3.05, 3.63) is 12.2 Å². The van der Waals surface area contributed by atoms with Gasteiger partial charge in [0.2, 0.25) is 23.6 Å². The van der Waals surface area contributed by atoms with Crippen LogP contribution in [0.5, 0.6) is 0 Å². The molecule has 0 rings (SSSR count). The van der Waals surface area contributed by atoms with Crippen molar-refractivity contribution < 1.29 is 89.9 Å². The number of carbonyl (C=O) groups is 7. The zero-order chi connectivity index (χ0) is 73.1. The fourth-order valence-corrected chi connectivity index (χ4v) is 12.5. The lowest BCUT2D eigenvalue weighted by molar-refractivity contribution is -0.150. The van der Waals surface area contributed by atoms with Crippen LogP contribution in [0.25, 0.3) is 0 Å². The highest BCUT2D eigenvalue weighted by Gasteiger charge is 2.27. The van der Waals surface area contributed by atoms with E-state index < -0.39 is 83.9 Å². The van der Waals surface area contributed by atoms with Crippen LogP contribution in [-0.4, -0.2) is 146 Å². The molecular weight excluding hydrogens is 1310 g/mol. The number of allylic oxidation sites excluding steroid dienone is 2. The molecule has 0 bridgehead atoms. The predicted octanol–water partition coefficient (Wildman–Crippen LogP) is 15.5. The van der Waals surface area contributed by atoms with Crippen LogP contribution in [0.1, 0.15) is 330 Å². The highest BCUT2D eigenvalue weighted by atomic mass is 31.2. The van der Waals surface area contributed by atoms with Crippen LogP contribution in [0.3, 0.4) is 0 Å². The lowest BCUT2D eigenvalue weighted by Crippen LogP contribution is -2.42. The lowest BCUT2D eigenvalue weighted by Gasteiger charge is -2.22. The maximum absolute atomic E-state index is 13.2. The first-order valence-corrected chi connectivity index (χ1v) is 41.8. The van der Waals surface area contributed by atoms with E-state index in [1.165, 1.54) is 89.9 Å². The molecule has 0 radical (unpaired) electrons. The summed E-state index contributed by atoms with van der Waals surface area (Å²) < 4.78 is 64.2. The Labute approximate surface area is 597 Å². The molecular formula is C74H140N4O19P2. The van der Waals surface area contributed by atoms with E-state index in [9.17, 15) is 57.6 Å². The number of aliphatic hydroxyl groups excluding tert-OH is 1. The van der Waals surface area contributed by atoms with Crippen LogP contribution in [-0.2, 0) is 75.0 Å².